The minimum absolute atomic E-state index is 0.0265. The van der Waals surface area contributed by atoms with Gasteiger partial charge in [0.25, 0.3) is 5.91 Å². The normalized spacial score (nSPS) is 29.8. The molecule has 2 unspecified atom stereocenters. The van der Waals surface area contributed by atoms with Crippen LogP contribution in [-0.4, -0.2) is 50.8 Å². The second-order valence-electron chi connectivity index (χ2n) is 12.1. The van der Waals surface area contributed by atoms with Crippen molar-refractivity contribution in [1.82, 2.24) is 0 Å². The van der Waals surface area contributed by atoms with Crippen LogP contribution >= 0.6 is 0 Å². The number of fused-ring (bicyclic) bond motifs is 2. The fourth-order valence-electron chi connectivity index (χ4n) is 7.08. The van der Waals surface area contributed by atoms with E-state index in [1.807, 2.05) is 26.0 Å². The molecule has 1 aromatic carbocycles. The number of anilines is 2. The van der Waals surface area contributed by atoms with E-state index in [0.717, 1.165) is 49.9 Å². The van der Waals surface area contributed by atoms with Crippen LogP contribution in [0, 0.1) is 11.3 Å². The summed E-state index contributed by atoms with van der Waals surface area (Å²) in [7, 11) is -3.35. The zero-order chi connectivity index (χ0) is 27.2. The number of nitrogens with two attached hydrogens (primary N) is 2. The minimum atomic E-state index is -3.35. The van der Waals surface area contributed by atoms with Gasteiger partial charge in [-0.2, -0.15) is 0 Å². The first-order valence-electron chi connectivity index (χ1n) is 13.8. The number of rotatable bonds is 6. The molecule has 0 spiro atoms. The first-order valence-corrected chi connectivity index (χ1v) is 15.5. The summed E-state index contributed by atoms with van der Waals surface area (Å²) in [6.07, 6.45) is 7.51. The Hall–Kier alpha value is -2.59. The number of nitrogens with one attached hydrogen (secondary N) is 1. The molecular weight excluding hydrogens is 504 g/mol. The molecule has 2 aliphatic carbocycles. The summed E-state index contributed by atoms with van der Waals surface area (Å²) in [6, 6.07) is 5.84. The molecule has 1 amide bonds. The number of carbonyl (C=O) groups is 2. The highest BCUT2D eigenvalue weighted by atomic mass is 32.2. The molecule has 2 fully saturated rings. The van der Waals surface area contributed by atoms with Crippen LogP contribution in [0.4, 0.5) is 11.4 Å². The number of benzene rings is 1. The van der Waals surface area contributed by atoms with Crippen molar-refractivity contribution in [3.05, 3.63) is 34.4 Å². The fraction of sp³-hybridized carbons (Fsp3) is 0.643. The number of esters is 1. The number of hydrogen-bond acceptors (Lipinski definition) is 8. The molecular formula is C28H40N4O5S. The van der Waals surface area contributed by atoms with Crippen LogP contribution in [-0.2, 0) is 19.4 Å². The summed E-state index contributed by atoms with van der Waals surface area (Å²) in [5, 5.41) is 3.53. The van der Waals surface area contributed by atoms with Crippen molar-refractivity contribution in [1.29, 1.82) is 0 Å². The number of nitrogens with zero attached hydrogens (tertiary/aromatic N) is 1. The summed E-state index contributed by atoms with van der Waals surface area (Å²) in [5.41, 5.74) is 13.7. The van der Waals surface area contributed by atoms with Crippen molar-refractivity contribution in [2.24, 2.45) is 22.8 Å². The van der Waals surface area contributed by atoms with Gasteiger partial charge < -0.3 is 26.4 Å². The number of carbonyl (C=O) groups excluding carboxylic acids is 2. The van der Waals surface area contributed by atoms with Gasteiger partial charge in [-0.15, -0.1) is 0 Å². The standard InChI is InChI=1S/C28H40N4O5S/c1-28(2)14-24-26(38(35,36)16-28)21-5-3-4-6-23(21)32(24)18-9-12-20(27(30)34)22(13-18)31-17-7-10-19(11-8-17)37-25(33)15-29/h9,12-13,17,19,21,23,31H,3-8,10-11,14-16,29H2,1-2H3,(H2,30,34). The number of sulfone groups is 1. The molecule has 1 aromatic rings. The zero-order valence-electron chi connectivity index (χ0n) is 22.4. The third-order valence-electron chi connectivity index (χ3n) is 8.58. The maximum atomic E-state index is 13.5. The van der Waals surface area contributed by atoms with E-state index in [4.69, 9.17) is 16.2 Å². The number of allylic oxidation sites excluding steroid dienone is 1. The summed E-state index contributed by atoms with van der Waals surface area (Å²) < 4.78 is 32.4. The van der Waals surface area contributed by atoms with E-state index in [0.29, 0.717) is 35.4 Å². The van der Waals surface area contributed by atoms with E-state index < -0.39 is 21.7 Å². The van der Waals surface area contributed by atoms with Crippen LogP contribution in [0.1, 0.15) is 82.0 Å². The fourth-order valence-corrected chi connectivity index (χ4v) is 9.63. The molecule has 5 rings (SSSR count). The van der Waals surface area contributed by atoms with Gasteiger partial charge in [0.1, 0.15) is 6.10 Å². The number of amides is 1. The monoisotopic (exact) mass is 544 g/mol. The average Bonchev–Trinajstić information content (AvgIpc) is 3.18. The van der Waals surface area contributed by atoms with E-state index in [2.05, 4.69) is 10.2 Å². The van der Waals surface area contributed by atoms with Gasteiger partial charge in [0.15, 0.2) is 9.84 Å². The second-order valence-corrected chi connectivity index (χ2v) is 14.1. The van der Waals surface area contributed by atoms with E-state index >= 15 is 0 Å². The molecule has 208 valence electrons. The predicted molar refractivity (Wildman–Crippen MR) is 147 cm³/mol. The predicted octanol–water partition coefficient (Wildman–Crippen LogP) is 3.45. The van der Waals surface area contributed by atoms with Gasteiger partial charge in [0.05, 0.1) is 22.8 Å². The molecule has 0 saturated heterocycles. The molecule has 2 atom stereocenters. The largest absolute Gasteiger partial charge is 0.461 e. The molecule has 0 aromatic heterocycles. The molecule has 38 heavy (non-hydrogen) atoms. The molecule has 2 aliphatic heterocycles. The van der Waals surface area contributed by atoms with E-state index in [9.17, 15) is 18.0 Å². The first-order chi connectivity index (χ1) is 18.0. The van der Waals surface area contributed by atoms with Gasteiger partial charge in [-0.25, -0.2) is 8.42 Å². The minimum Gasteiger partial charge on any atom is -0.461 e. The van der Waals surface area contributed by atoms with Gasteiger partial charge in [-0.05, 0) is 68.6 Å². The Morgan fingerprint density at radius 1 is 1.11 bits per heavy atom. The van der Waals surface area contributed by atoms with Crippen LogP contribution < -0.4 is 21.7 Å². The number of ether oxygens (including phenoxy) is 1. The smallest absolute Gasteiger partial charge is 0.319 e. The summed E-state index contributed by atoms with van der Waals surface area (Å²) in [6.45, 7) is 3.93. The van der Waals surface area contributed by atoms with Crippen molar-refractivity contribution < 1.29 is 22.7 Å². The van der Waals surface area contributed by atoms with Crippen LogP contribution in [0.5, 0.6) is 0 Å². The lowest BCUT2D eigenvalue weighted by molar-refractivity contribution is -0.148. The molecule has 0 bridgehead atoms. The van der Waals surface area contributed by atoms with E-state index in [1.54, 1.807) is 6.07 Å². The lowest BCUT2D eigenvalue weighted by Gasteiger charge is -2.37. The third-order valence-corrected chi connectivity index (χ3v) is 11.0. The van der Waals surface area contributed by atoms with Crippen LogP contribution in [0.3, 0.4) is 0 Å². The Balaban J connectivity index is 1.45. The third kappa shape index (κ3) is 5.17. The van der Waals surface area contributed by atoms with Crippen molar-refractivity contribution in [2.45, 2.75) is 89.8 Å². The van der Waals surface area contributed by atoms with Crippen LogP contribution in [0.15, 0.2) is 28.8 Å². The summed E-state index contributed by atoms with van der Waals surface area (Å²) in [5.74, 6) is -0.688. The lowest BCUT2D eigenvalue weighted by atomic mass is 9.85. The van der Waals surface area contributed by atoms with Gasteiger partial charge in [-0.1, -0.05) is 26.7 Å². The second kappa shape index (κ2) is 10.2. The topological polar surface area (TPSA) is 145 Å². The average molecular weight is 545 g/mol. The Bertz CT molecular complexity index is 1250. The van der Waals surface area contributed by atoms with Gasteiger partial charge in [0, 0.05) is 35.1 Å². The Morgan fingerprint density at radius 3 is 2.50 bits per heavy atom. The molecule has 4 aliphatic rings. The number of hydrogen-bond donors (Lipinski definition) is 3. The van der Waals surface area contributed by atoms with Crippen molar-refractivity contribution in [2.75, 3.05) is 22.5 Å². The first kappa shape index (κ1) is 27.0. The molecule has 10 heteroatoms. The summed E-state index contributed by atoms with van der Waals surface area (Å²) >= 11 is 0. The van der Waals surface area contributed by atoms with Crippen molar-refractivity contribution >= 4 is 33.1 Å². The highest BCUT2D eigenvalue weighted by Gasteiger charge is 2.51. The van der Waals surface area contributed by atoms with Crippen molar-refractivity contribution in [3.8, 4) is 0 Å². The molecule has 2 saturated carbocycles. The Kier molecular flexibility index (Phi) is 7.24. The highest BCUT2D eigenvalue weighted by molar-refractivity contribution is 7.95. The number of primary amides is 1. The summed E-state index contributed by atoms with van der Waals surface area (Å²) in [4.78, 5) is 26.8. The van der Waals surface area contributed by atoms with Crippen LogP contribution in [0.2, 0.25) is 0 Å². The maximum Gasteiger partial charge on any atom is 0.319 e. The zero-order valence-corrected chi connectivity index (χ0v) is 23.2. The maximum absolute atomic E-state index is 13.5. The quantitative estimate of drug-likeness (QED) is 0.462. The SMILES string of the molecule is CC1(C)CC2=C(C3CCCCC3N2c2ccc(C(N)=O)c(NC3CCC(OC(=O)CN)CC3)c2)S(=O)(=O)C1. The Labute approximate surface area is 225 Å². The molecule has 2 heterocycles. The van der Waals surface area contributed by atoms with Crippen molar-refractivity contribution in [3.63, 3.8) is 0 Å². The van der Waals surface area contributed by atoms with Gasteiger partial charge in [-0.3, -0.25) is 9.59 Å². The molecule has 0 radical (unpaired) electrons. The molecule has 5 N–H and O–H groups in total. The van der Waals surface area contributed by atoms with Gasteiger partial charge >= 0.3 is 5.97 Å². The Morgan fingerprint density at radius 2 is 1.82 bits per heavy atom. The highest BCUT2D eigenvalue weighted by Crippen LogP contribution is 2.53. The lowest BCUT2D eigenvalue weighted by Crippen LogP contribution is -2.37. The van der Waals surface area contributed by atoms with Crippen LogP contribution in [0.25, 0.3) is 0 Å². The van der Waals surface area contributed by atoms with E-state index in [-0.39, 0.29) is 41.8 Å². The van der Waals surface area contributed by atoms with Gasteiger partial charge in [0.2, 0.25) is 0 Å². The van der Waals surface area contributed by atoms with E-state index in [1.165, 1.54) is 0 Å². The molecule has 9 nitrogen and oxygen atoms in total.